The summed E-state index contributed by atoms with van der Waals surface area (Å²) in [6.45, 7) is 6.43. The Balaban J connectivity index is 3.07. The summed E-state index contributed by atoms with van der Waals surface area (Å²) in [5.41, 5.74) is 6.84. The van der Waals surface area contributed by atoms with Gasteiger partial charge in [-0.15, -0.1) is 0 Å². The Morgan fingerprint density at radius 3 is 2.41 bits per heavy atom. The maximum atomic E-state index is 8.93. The molecule has 0 saturated carbocycles. The molecule has 0 bridgehead atoms. The van der Waals surface area contributed by atoms with Crippen LogP contribution in [0.15, 0.2) is 12.3 Å². The van der Waals surface area contributed by atoms with E-state index in [-0.39, 0.29) is 5.54 Å². The molecule has 0 radical (unpaired) electrons. The predicted molar refractivity (Wildman–Crippen MR) is 70.6 cm³/mol. The lowest BCUT2D eigenvalue weighted by atomic mass is 9.89. The minimum Gasteiger partial charge on any atom is -0.395 e. The number of nitrogens with one attached hydrogen (secondary N) is 1. The second kappa shape index (κ2) is 5.53. The van der Waals surface area contributed by atoms with Crippen LogP contribution in [0.4, 0.5) is 11.5 Å². The Morgan fingerprint density at radius 1 is 1.35 bits per heavy atom. The molecule has 17 heavy (non-hydrogen) atoms. The van der Waals surface area contributed by atoms with Crippen LogP contribution in [-0.2, 0) is 0 Å². The van der Waals surface area contributed by atoms with E-state index in [2.05, 4.69) is 37.1 Å². The van der Waals surface area contributed by atoms with E-state index in [0.717, 1.165) is 19.3 Å². The third-order valence-corrected chi connectivity index (χ3v) is 3.52. The van der Waals surface area contributed by atoms with Gasteiger partial charge in [0, 0.05) is 11.7 Å². The molecule has 1 aromatic rings. The highest BCUT2D eigenvalue weighted by Crippen LogP contribution is 2.28. The summed E-state index contributed by atoms with van der Waals surface area (Å²) < 4.78 is 0. The highest BCUT2D eigenvalue weighted by molar-refractivity contribution is 5.69. The van der Waals surface area contributed by atoms with Crippen LogP contribution in [0.1, 0.15) is 45.6 Å². The first-order chi connectivity index (χ1) is 8.12. The van der Waals surface area contributed by atoms with Gasteiger partial charge in [0.2, 0.25) is 0 Å². The zero-order valence-electron chi connectivity index (χ0n) is 10.7. The summed E-state index contributed by atoms with van der Waals surface area (Å²) in [5, 5.41) is 12.3. The van der Waals surface area contributed by atoms with Crippen LogP contribution in [0, 0.1) is 11.3 Å². The molecule has 0 atom stereocenters. The maximum Gasteiger partial charge on any atom is 0.150 e. The van der Waals surface area contributed by atoms with Gasteiger partial charge in [-0.1, -0.05) is 20.8 Å². The zero-order chi connectivity index (χ0) is 12.9. The largest absolute Gasteiger partial charge is 0.395 e. The first kappa shape index (κ1) is 13.3. The monoisotopic (exact) mass is 232 g/mol. The molecule has 0 spiro atoms. The van der Waals surface area contributed by atoms with Gasteiger partial charge in [-0.3, -0.25) is 0 Å². The fraction of sp³-hybridized carbons (Fsp3) is 0.538. The lowest BCUT2D eigenvalue weighted by Crippen LogP contribution is -2.36. The number of anilines is 2. The molecule has 0 aliphatic rings. The third kappa shape index (κ3) is 2.68. The topological polar surface area (TPSA) is 74.7 Å². The van der Waals surface area contributed by atoms with E-state index in [1.807, 2.05) is 0 Å². The van der Waals surface area contributed by atoms with Gasteiger partial charge in [-0.25, -0.2) is 4.98 Å². The van der Waals surface area contributed by atoms with Crippen LogP contribution in [0.3, 0.4) is 0 Å². The summed E-state index contributed by atoms with van der Waals surface area (Å²) >= 11 is 0. The maximum absolute atomic E-state index is 8.93. The van der Waals surface area contributed by atoms with Gasteiger partial charge in [0.25, 0.3) is 0 Å². The van der Waals surface area contributed by atoms with Crippen molar-refractivity contribution >= 4 is 11.5 Å². The summed E-state index contributed by atoms with van der Waals surface area (Å²) in [6, 6.07) is 3.70. The van der Waals surface area contributed by atoms with Crippen molar-refractivity contribution in [2.24, 2.45) is 0 Å². The molecule has 3 N–H and O–H groups in total. The van der Waals surface area contributed by atoms with Crippen LogP contribution in [-0.4, -0.2) is 10.5 Å². The van der Waals surface area contributed by atoms with E-state index in [4.69, 9.17) is 11.0 Å². The highest BCUT2D eigenvalue weighted by Gasteiger charge is 2.25. The van der Waals surface area contributed by atoms with E-state index in [9.17, 15) is 0 Å². The van der Waals surface area contributed by atoms with Gasteiger partial charge < -0.3 is 11.1 Å². The molecule has 1 aromatic heterocycles. The number of nitrogens with two attached hydrogens (primary N) is 1. The van der Waals surface area contributed by atoms with Crippen molar-refractivity contribution in [3.63, 3.8) is 0 Å². The summed E-state index contributed by atoms with van der Waals surface area (Å²) in [5.74, 6) is 0.620. The molecule has 1 heterocycles. The van der Waals surface area contributed by atoms with Crippen molar-refractivity contribution in [2.45, 2.75) is 45.6 Å². The minimum absolute atomic E-state index is 0.00913. The molecule has 4 nitrogen and oxygen atoms in total. The van der Waals surface area contributed by atoms with Crippen LogP contribution in [0.5, 0.6) is 0 Å². The molecule has 0 amide bonds. The van der Waals surface area contributed by atoms with Gasteiger partial charge in [0.1, 0.15) is 6.07 Å². The molecule has 4 heteroatoms. The predicted octanol–water partition coefficient (Wildman–Crippen LogP) is 2.92. The molecule has 0 saturated heterocycles. The fourth-order valence-electron chi connectivity index (χ4n) is 1.94. The normalized spacial score (nSPS) is 10.9. The van der Waals surface area contributed by atoms with Crippen molar-refractivity contribution in [3.05, 3.63) is 17.8 Å². The summed E-state index contributed by atoms with van der Waals surface area (Å²) in [7, 11) is 0. The third-order valence-electron chi connectivity index (χ3n) is 3.52. The van der Waals surface area contributed by atoms with E-state index < -0.39 is 0 Å². The van der Waals surface area contributed by atoms with Crippen molar-refractivity contribution in [1.29, 1.82) is 5.26 Å². The number of aromatic nitrogens is 1. The Kier molecular flexibility index (Phi) is 4.33. The number of nitrogen functional groups attached to an aromatic ring is 1. The standard InChI is InChI=1S/C13H20N4/c1-4-13(5-2,6-3)17-12-11(15)10(9-14)7-8-16-12/h7-8H,4-6,15H2,1-3H3,(H,16,17). The fourth-order valence-corrected chi connectivity index (χ4v) is 1.94. The minimum atomic E-state index is 0.00913. The zero-order valence-corrected chi connectivity index (χ0v) is 10.7. The Hall–Kier alpha value is -1.76. The number of hydrogen-bond donors (Lipinski definition) is 2. The van der Waals surface area contributed by atoms with Gasteiger partial charge >= 0.3 is 0 Å². The van der Waals surface area contributed by atoms with Crippen LogP contribution in [0.25, 0.3) is 0 Å². The summed E-state index contributed by atoms with van der Waals surface area (Å²) in [6.07, 6.45) is 4.61. The van der Waals surface area contributed by atoms with Crippen molar-refractivity contribution < 1.29 is 0 Å². The van der Waals surface area contributed by atoms with Crippen LogP contribution >= 0.6 is 0 Å². The average molecular weight is 232 g/mol. The van der Waals surface area contributed by atoms with E-state index in [1.54, 1.807) is 12.3 Å². The smallest absolute Gasteiger partial charge is 0.150 e. The quantitative estimate of drug-likeness (QED) is 0.818. The van der Waals surface area contributed by atoms with Crippen LogP contribution in [0.2, 0.25) is 0 Å². The molecule has 92 valence electrons. The average Bonchev–Trinajstić information content (AvgIpc) is 2.38. The molecular weight excluding hydrogens is 212 g/mol. The highest BCUT2D eigenvalue weighted by atomic mass is 15.1. The summed E-state index contributed by atoms with van der Waals surface area (Å²) in [4.78, 5) is 4.23. The molecule has 0 fully saturated rings. The van der Waals surface area contributed by atoms with Gasteiger partial charge in [0.15, 0.2) is 5.82 Å². The lowest BCUT2D eigenvalue weighted by molar-refractivity contribution is 0.419. The Morgan fingerprint density at radius 2 is 1.94 bits per heavy atom. The SMILES string of the molecule is CCC(CC)(CC)Nc1nccc(C#N)c1N. The van der Waals surface area contributed by atoms with Gasteiger partial charge in [0.05, 0.1) is 11.3 Å². The number of hydrogen-bond acceptors (Lipinski definition) is 4. The number of nitrogens with zero attached hydrogens (tertiary/aromatic N) is 2. The molecule has 0 aromatic carbocycles. The van der Waals surface area contributed by atoms with E-state index >= 15 is 0 Å². The molecule has 0 aliphatic heterocycles. The van der Waals surface area contributed by atoms with Crippen molar-refractivity contribution in [2.75, 3.05) is 11.1 Å². The molecule has 1 rings (SSSR count). The number of nitriles is 1. The van der Waals surface area contributed by atoms with E-state index in [1.165, 1.54) is 0 Å². The lowest BCUT2D eigenvalue weighted by Gasteiger charge is -2.32. The van der Waals surface area contributed by atoms with Gasteiger partial charge in [-0.2, -0.15) is 5.26 Å². The first-order valence-electron chi connectivity index (χ1n) is 6.05. The van der Waals surface area contributed by atoms with E-state index in [0.29, 0.717) is 17.1 Å². The Bertz CT molecular complexity index is 408. The second-order valence-corrected chi connectivity index (χ2v) is 4.20. The second-order valence-electron chi connectivity index (χ2n) is 4.20. The Labute approximate surface area is 103 Å². The van der Waals surface area contributed by atoms with Crippen LogP contribution < -0.4 is 11.1 Å². The van der Waals surface area contributed by atoms with Crippen molar-refractivity contribution in [3.8, 4) is 6.07 Å². The van der Waals surface area contributed by atoms with Crippen molar-refractivity contribution in [1.82, 2.24) is 4.98 Å². The first-order valence-corrected chi connectivity index (χ1v) is 6.05. The molecule has 0 unspecified atom stereocenters. The van der Waals surface area contributed by atoms with Gasteiger partial charge in [-0.05, 0) is 25.3 Å². The number of pyridine rings is 1. The molecule has 0 aliphatic carbocycles. The number of rotatable bonds is 5. The molecular formula is C13H20N4.